The molecule has 2 amide bonds. The minimum absolute atomic E-state index is 0.0169. The number of piperazine rings is 1. The molecule has 41 heavy (non-hydrogen) atoms. The number of piperidine rings is 1. The van der Waals surface area contributed by atoms with E-state index in [-0.39, 0.29) is 29.8 Å². The van der Waals surface area contributed by atoms with Gasteiger partial charge in [0.25, 0.3) is 0 Å². The second kappa shape index (κ2) is 12.8. The van der Waals surface area contributed by atoms with Crippen LogP contribution in [-0.2, 0) is 26.2 Å². The second-order valence-corrected chi connectivity index (χ2v) is 13.7. The van der Waals surface area contributed by atoms with Crippen LogP contribution in [0.25, 0.3) is 0 Å². The molecule has 1 aliphatic carbocycles. The molecule has 2 atom stereocenters. The molecule has 10 heteroatoms. The van der Waals surface area contributed by atoms with Crippen LogP contribution >= 0.6 is 0 Å². The van der Waals surface area contributed by atoms with Crippen LogP contribution in [0.4, 0.5) is 5.69 Å². The van der Waals surface area contributed by atoms with E-state index in [0.717, 1.165) is 45.2 Å². The van der Waals surface area contributed by atoms with Gasteiger partial charge in [-0.25, -0.2) is 8.42 Å². The van der Waals surface area contributed by atoms with Gasteiger partial charge >= 0.3 is 0 Å². The van der Waals surface area contributed by atoms with Gasteiger partial charge in [0, 0.05) is 19.3 Å². The van der Waals surface area contributed by atoms with Crippen LogP contribution in [0.2, 0.25) is 0 Å². The van der Waals surface area contributed by atoms with E-state index in [2.05, 4.69) is 27.1 Å². The van der Waals surface area contributed by atoms with Crippen LogP contribution < -0.4 is 14.8 Å². The summed E-state index contributed by atoms with van der Waals surface area (Å²) in [4.78, 5) is 30.5. The zero-order chi connectivity index (χ0) is 29.0. The third kappa shape index (κ3) is 7.80. The summed E-state index contributed by atoms with van der Waals surface area (Å²) in [5.74, 6) is 2.13. The van der Waals surface area contributed by atoms with E-state index in [1.807, 2.05) is 19.2 Å². The zero-order valence-electron chi connectivity index (χ0n) is 24.1. The molecule has 222 valence electrons. The average molecular weight is 583 g/mol. The number of carbonyl (C=O) groups excluding carboxylic acids is 2. The summed E-state index contributed by atoms with van der Waals surface area (Å²) in [6, 6.07) is 14.0. The highest BCUT2D eigenvalue weighted by molar-refractivity contribution is 7.92. The number of carbonyl (C=O) groups is 2. The number of anilines is 1. The minimum Gasteiger partial charge on any atom is -0.457 e. The first kappa shape index (κ1) is 29.4. The maximum absolute atomic E-state index is 13.2. The van der Waals surface area contributed by atoms with Gasteiger partial charge in [0.1, 0.15) is 23.6 Å². The van der Waals surface area contributed by atoms with Gasteiger partial charge < -0.3 is 15.0 Å². The van der Waals surface area contributed by atoms with Crippen molar-refractivity contribution in [2.75, 3.05) is 31.1 Å². The number of ether oxygens (including phenoxy) is 1. The summed E-state index contributed by atoms with van der Waals surface area (Å²) in [5, 5.41) is 3.09. The van der Waals surface area contributed by atoms with Crippen molar-refractivity contribution in [2.45, 2.75) is 70.0 Å². The van der Waals surface area contributed by atoms with Crippen LogP contribution in [0.5, 0.6) is 11.5 Å². The lowest BCUT2D eigenvalue weighted by molar-refractivity contribution is -0.151. The molecule has 9 nitrogen and oxygen atoms in total. The molecule has 2 aliphatic heterocycles. The Morgan fingerprint density at radius 3 is 2.12 bits per heavy atom. The van der Waals surface area contributed by atoms with Crippen LogP contribution in [0.1, 0.15) is 56.9 Å². The van der Waals surface area contributed by atoms with Crippen molar-refractivity contribution in [1.29, 1.82) is 0 Å². The monoisotopic (exact) mass is 582 g/mol. The highest BCUT2D eigenvalue weighted by Crippen LogP contribution is 2.32. The Hall–Kier alpha value is -3.11. The lowest BCUT2D eigenvalue weighted by Gasteiger charge is -2.44. The van der Waals surface area contributed by atoms with Crippen molar-refractivity contribution in [3.05, 3.63) is 54.1 Å². The Morgan fingerprint density at radius 1 is 0.902 bits per heavy atom. The number of amides is 2. The SMILES string of the molecule is CN1C(=O)[C@H](CC2CCCCC2)NC(=O)[C@@H]1C1CCN(Cc2ccc(Oc3ccc(NS(C)(=O)=O)cc3)cc2)CC1. The molecule has 0 aromatic heterocycles. The topological polar surface area (TPSA) is 108 Å². The highest BCUT2D eigenvalue weighted by Gasteiger charge is 2.43. The Morgan fingerprint density at radius 2 is 1.51 bits per heavy atom. The lowest BCUT2D eigenvalue weighted by atomic mass is 9.82. The van der Waals surface area contributed by atoms with Gasteiger partial charge in [-0.2, -0.15) is 0 Å². The molecule has 0 bridgehead atoms. The summed E-state index contributed by atoms with van der Waals surface area (Å²) in [6.07, 6.45) is 9.75. The average Bonchev–Trinajstić information content (AvgIpc) is 2.94. The molecule has 2 saturated heterocycles. The van der Waals surface area contributed by atoms with Crippen molar-refractivity contribution < 1.29 is 22.7 Å². The molecule has 2 heterocycles. The van der Waals surface area contributed by atoms with Crippen molar-refractivity contribution in [1.82, 2.24) is 15.1 Å². The lowest BCUT2D eigenvalue weighted by Crippen LogP contribution is -2.65. The molecular weight excluding hydrogens is 540 g/mol. The molecule has 0 radical (unpaired) electrons. The first-order valence-electron chi connectivity index (χ1n) is 14.8. The predicted molar refractivity (Wildman–Crippen MR) is 159 cm³/mol. The normalized spacial score (nSPS) is 23.3. The number of likely N-dealkylation sites (N-methyl/N-ethyl adjacent to an activating group) is 1. The number of hydrogen-bond acceptors (Lipinski definition) is 6. The van der Waals surface area contributed by atoms with Crippen LogP contribution in [-0.4, -0.2) is 68.5 Å². The quantitative estimate of drug-likeness (QED) is 0.455. The smallest absolute Gasteiger partial charge is 0.245 e. The number of likely N-dealkylation sites (tertiary alicyclic amines) is 1. The first-order chi connectivity index (χ1) is 19.6. The molecule has 2 aromatic carbocycles. The van der Waals surface area contributed by atoms with Crippen molar-refractivity contribution >= 4 is 27.5 Å². The number of hydrogen-bond donors (Lipinski definition) is 2. The van der Waals surface area contributed by atoms with Gasteiger partial charge in [0.05, 0.1) is 6.26 Å². The van der Waals surface area contributed by atoms with Crippen molar-refractivity contribution in [3.8, 4) is 11.5 Å². The fourth-order valence-electron chi connectivity index (χ4n) is 6.61. The Balaban J connectivity index is 1.08. The van der Waals surface area contributed by atoms with Gasteiger partial charge in [0.15, 0.2) is 0 Å². The standard InChI is InChI=1S/C31H42N4O5S/c1-34-29(30(36)32-28(31(34)37)20-22-6-4-3-5-7-22)24-16-18-35(19-17-24)21-23-8-12-26(13-9-23)40-27-14-10-25(11-15-27)33-41(2,38)39/h8-15,22,24,28-29,33H,3-7,16-21H2,1-2H3,(H,32,36)/t28-,29-/m0/s1. The number of nitrogens with zero attached hydrogens (tertiary/aromatic N) is 2. The van der Waals surface area contributed by atoms with Crippen LogP contribution in [0, 0.1) is 11.8 Å². The molecule has 2 N–H and O–H groups in total. The zero-order valence-corrected chi connectivity index (χ0v) is 24.9. The number of benzene rings is 2. The van der Waals surface area contributed by atoms with E-state index in [1.54, 1.807) is 29.2 Å². The maximum Gasteiger partial charge on any atom is 0.245 e. The van der Waals surface area contributed by atoms with Crippen LogP contribution in [0.3, 0.4) is 0 Å². The fourth-order valence-corrected chi connectivity index (χ4v) is 7.18. The van der Waals surface area contributed by atoms with E-state index in [4.69, 9.17) is 4.74 Å². The molecule has 2 aromatic rings. The largest absolute Gasteiger partial charge is 0.457 e. The molecule has 3 fully saturated rings. The van der Waals surface area contributed by atoms with E-state index in [1.165, 1.54) is 37.7 Å². The Kier molecular flexibility index (Phi) is 9.19. The van der Waals surface area contributed by atoms with E-state index in [9.17, 15) is 18.0 Å². The Labute approximate surface area is 243 Å². The van der Waals surface area contributed by atoms with Gasteiger partial charge in [-0.1, -0.05) is 44.2 Å². The van der Waals surface area contributed by atoms with Crippen molar-refractivity contribution in [2.24, 2.45) is 11.8 Å². The van der Waals surface area contributed by atoms with Crippen LogP contribution in [0.15, 0.2) is 48.5 Å². The van der Waals surface area contributed by atoms with E-state index < -0.39 is 10.0 Å². The summed E-state index contributed by atoms with van der Waals surface area (Å²) < 4.78 is 31.1. The van der Waals surface area contributed by atoms with Gasteiger partial charge in [0.2, 0.25) is 21.8 Å². The summed E-state index contributed by atoms with van der Waals surface area (Å²) in [6.45, 7) is 2.58. The molecular formula is C31H42N4O5S. The third-order valence-electron chi connectivity index (χ3n) is 8.74. The maximum atomic E-state index is 13.2. The van der Waals surface area contributed by atoms with Gasteiger partial charge in [-0.15, -0.1) is 0 Å². The Bertz CT molecular complexity index is 1300. The number of sulfonamides is 1. The molecule has 0 unspecified atom stereocenters. The molecule has 5 rings (SSSR count). The van der Waals surface area contributed by atoms with Crippen molar-refractivity contribution in [3.63, 3.8) is 0 Å². The molecule has 3 aliphatic rings. The summed E-state index contributed by atoms with van der Waals surface area (Å²) in [7, 11) is -1.50. The third-order valence-corrected chi connectivity index (χ3v) is 9.35. The highest BCUT2D eigenvalue weighted by atomic mass is 32.2. The van der Waals surface area contributed by atoms with E-state index in [0.29, 0.717) is 23.1 Å². The first-order valence-corrected chi connectivity index (χ1v) is 16.7. The fraction of sp³-hybridized carbons (Fsp3) is 0.548. The summed E-state index contributed by atoms with van der Waals surface area (Å²) >= 11 is 0. The van der Waals surface area contributed by atoms with Gasteiger partial charge in [-0.3, -0.25) is 19.2 Å². The van der Waals surface area contributed by atoms with Gasteiger partial charge in [-0.05, 0) is 86.1 Å². The van der Waals surface area contributed by atoms with E-state index >= 15 is 0 Å². The second-order valence-electron chi connectivity index (χ2n) is 12.0. The number of nitrogens with one attached hydrogen (secondary N) is 2. The predicted octanol–water partition coefficient (Wildman–Crippen LogP) is 4.36. The molecule has 0 spiro atoms. The number of rotatable bonds is 9. The minimum atomic E-state index is -3.32. The molecule has 1 saturated carbocycles. The summed E-state index contributed by atoms with van der Waals surface area (Å²) in [5.41, 5.74) is 1.66.